The van der Waals surface area contributed by atoms with Crippen LogP contribution in [0.1, 0.15) is 18.5 Å². The summed E-state index contributed by atoms with van der Waals surface area (Å²) >= 11 is 6.01. The lowest BCUT2D eigenvalue weighted by Gasteiger charge is -2.01. The Morgan fingerprint density at radius 2 is 2.27 bits per heavy atom. The molecule has 1 aliphatic rings. The Bertz CT molecular complexity index is 381. The number of benzene rings is 1. The average molecular weight is 226 g/mol. The topological polar surface area (TPSA) is 48.2 Å². The second-order valence-corrected chi connectivity index (χ2v) is 3.80. The lowest BCUT2D eigenvalue weighted by Crippen LogP contribution is -2.13. The molecule has 0 amide bonds. The minimum atomic E-state index is -0.232. The zero-order valence-corrected chi connectivity index (χ0v) is 9.12. The lowest BCUT2D eigenvalue weighted by atomic mass is 10.1. The van der Waals surface area contributed by atoms with Gasteiger partial charge in [-0.25, -0.2) is 0 Å². The van der Waals surface area contributed by atoms with Crippen LogP contribution < -0.4 is 5.32 Å². The summed E-state index contributed by atoms with van der Waals surface area (Å²) in [5, 5.41) is 3.73. The highest BCUT2D eigenvalue weighted by molar-refractivity contribution is 6.31. The third kappa shape index (κ3) is 2.13. The second kappa shape index (κ2) is 4.21. The van der Waals surface area contributed by atoms with Crippen LogP contribution in [0.4, 0.5) is 0 Å². The number of halogens is 1. The van der Waals surface area contributed by atoms with E-state index in [1.165, 1.54) is 0 Å². The number of carbonyl (C=O) groups is 1. The van der Waals surface area contributed by atoms with Crippen molar-refractivity contribution in [2.45, 2.75) is 19.0 Å². The molecule has 4 heteroatoms. The molecule has 1 heterocycles. The highest BCUT2D eigenvalue weighted by atomic mass is 35.5. The molecular formula is C11H12ClNO2. The summed E-state index contributed by atoms with van der Waals surface area (Å²) < 4.78 is 4.91. The second-order valence-electron chi connectivity index (χ2n) is 3.40. The summed E-state index contributed by atoms with van der Waals surface area (Å²) in [4.78, 5) is 11.4. The summed E-state index contributed by atoms with van der Waals surface area (Å²) in [5.41, 5.74) is 0.956. The molecule has 0 aliphatic carbocycles. The quantitative estimate of drug-likeness (QED) is 0.632. The molecule has 3 nitrogen and oxygen atoms in total. The van der Waals surface area contributed by atoms with E-state index in [1.54, 1.807) is 6.92 Å². The fourth-order valence-electron chi connectivity index (χ4n) is 1.57. The van der Waals surface area contributed by atoms with E-state index in [0.717, 1.165) is 5.56 Å². The van der Waals surface area contributed by atoms with E-state index in [9.17, 15) is 4.79 Å². The SMILES string of the molecule is CCOC(=O)[C@H]1N[C@H]1c1ccccc1Cl. The van der Waals surface area contributed by atoms with Gasteiger partial charge in [0.1, 0.15) is 6.04 Å². The fraction of sp³-hybridized carbons (Fsp3) is 0.364. The number of nitrogens with one attached hydrogen (secondary N) is 1. The average Bonchev–Trinajstić information content (AvgIpc) is 2.98. The first-order chi connectivity index (χ1) is 7.24. The monoisotopic (exact) mass is 225 g/mol. The van der Waals surface area contributed by atoms with Gasteiger partial charge >= 0.3 is 5.97 Å². The van der Waals surface area contributed by atoms with Crippen LogP contribution in [0.2, 0.25) is 5.02 Å². The molecule has 1 aromatic rings. The minimum Gasteiger partial charge on any atom is -0.465 e. The fourth-order valence-corrected chi connectivity index (χ4v) is 1.82. The van der Waals surface area contributed by atoms with Gasteiger partial charge in [0.15, 0.2) is 0 Å². The van der Waals surface area contributed by atoms with E-state index >= 15 is 0 Å². The molecular weight excluding hydrogens is 214 g/mol. The number of rotatable bonds is 3. The maximum atomic E-state index is 11.4. The van der Waals surface area contributed by atoms with E-state index in [0.29, 0.717) is 11.6 Å². The Balaban J connectivity index is 2.05. The minimum absolute atomic E-state index is 0.0118. The molecule has 1 aliphatic heterocycles. The zero-order chi connectivity index (χ0) is 10.8. The Hall–Kier alpha value is -1.06. The Kier molecular flexibility index (Phi) is 2.93. The highest BCUT2D eigenvalue weighted by Crippen LogP contribution is 2.34. The van der Waals surface area contributed by atoms with E-state index < -0.39 is 0 Å². The number of hydrogen-bond donors (Lipinski definition) is 1. The summed E-state index contributed by atoms with van der Waals surface area (Å²) in [6.07, 6.45) is 0. The highest BCUT2D eigenvalue weighted by Gasteiger charge is 2.45. The van der Waals surface area contributed by atoms with E-state index in [-0.39, 0.29) is 18.1 Å². The smallest absolute Gasteiger partial charge is 0.325 e. The number of hydrogen-bond acceptors (Lipinski definition) is 3. The van der Waals surface area contributed by atoms with Gasteiger partial charge in [0, 0.05) is 5.02 Å². The van der Waals surface area contributed by atoms with Gasteiger partial charge < -0.3 is 4.74 Å². The van der Waals surface area contributed by atoms with Crippen LogP contribution in [0.5, 0.6) is 0 Å². The van der Waals surface area contributed by atoms with Gasteiger partial charge in [-0.3, -0.25) is 10.1 Å². The van der Waals surface area contributed by atoms with Crippen molar-refractivity contribution < 1.29 is 9.53 Å². The van der Waals surface area contributed by atoms with Crippen molar-refractivity contribution in [3.05, 3.63) is 34.9 Å². The van der Waals surface area contributed by atoms with Crippen LogP contribution >= 0.6 is 11.6 Å². The molecule has 1 aromatic carbocycles. The first-order valence-electron chi connectivity index (χ1n) is 4.91. The van der Waals surface area contributed by atoms with Gasteiger partial charge in [-0.15, -0.1) is 0 Å². The Morgan fingerprint density at radius 1 is 1.53 bits per heavy atom. The first kappa shape index (κ1) is 10.5. The van der Waals surface area contributed by atoms with Crippen molar-refractivity contribution >= 4 is 17.6 Å². The molecule has 80 valence electrons. The number of ether oxygens (including phenoxy) is 1. The van der Waals surface area contributed by atoms with Gasteiger partial charge in [0.05, 0.1) is 12.6 Å². The molecule has 15 heavy (non-hydrogen) atoms. The first-order valence-corrected chi connectivity index (χ1v) is 5.29. The van der Waals surface area contributed by atoms with Gasteiger partial charge in [0.25, 0.3) is 0 Å². The summed E-state index contributed by atoms with van der Waals surface area (Å²) in [5.74, 6) is -0.206. The van der Waals surface area contributed by atoms with Crippen LogP contribution in [0, 0.1) is 0 Å². The molecule has 1 saturated heterocycles. The lowest BCUT2D eigenvalue weighted by molar-refractivity contribution is -0.142. The molecule has 0 radical (unpaired) electrons. The van der Waals surface area contributed by atoms with Crippen molar-refractivity contribution in [3.63, 3.8) is 0 Å². The maximum absolute atomic E-state index is 11.4. The van der Waals surface area contributed by atoms with Crippen LogP contribution in [-0.4, -0.2) is 18.6 Å². The standard InChI is InChI=1S/C11H12ClNO2/c1-2-15-11(14)10-9(13-10)7-5-3-4-6-8(7)12/h3-6,9-10,13H,2H2,1H3/t9-,10-/m0/s1. The van der Waals surface area contributed by atoms with Crippen molar-refractivity contribution in [2.24, 2.45) is 0 Å². The molecule has 0 unspecified atom stereocenters. The molecule has 0 spiro atoms. The van der Waals surface area contributed by atoms with E-state index in [1.807, 2.05) is 24.3 Å². The Labute approximate surface area is 93.4 Å². The molecule has 2 rings (SSSR count). The van der Waals surface area contributed by atoms with Gasteiger partial charge in [-0.2, -0.15) is 0 Å². The Morgan fingerprint density at radius 3 is 2.93 bits per heavy atom. The normalized spacial score (nSPS) is 23.6. The molecule has 1 fully saturated rings. The third-order valence-electron chi connectivity index (χ3n) is 2.36. The number of esters is 1. The third-order valence-corrected chi connectivity index (χ3v) is 2.71. The predicted molar refractivity (Wildman–Crippen MR) is 57.7 cm³/mol. The van der Waals surface area contributed by atoms with Crippen LogP contribution in [0.25, 0.3) is 0 Å². The van der Waals surface area contributed by atoms with Gasteiger partial charge in [-0.05, 0) is 18.6 Å². The van der Waals surface area contributed by atoms with Crippen molar-refractivity contribution in [2.75, 3.05) is 6.61 Å². The van der Waals surface area contributed by atoms with Crippen LogP contribution in [-0.2, 0) is 9.53 Å². The van der Waals surface area contributed by atoms with Crippen molar-refractivity contribution in [1.82, 2.24) is 5.32 Å². The zero-order valence-electron chi connectivity index (χ0n) is 8.37. The van der Waals surface area contributed by atoms with Crippen LogP contribution in [0.15, 0.2) is 24.3 Å². The summed E-state index contributed by atoms with van der Waals surface area (Å²) in [7, 11) is 0. The van der Waals surface area contributed by atoms with Crippen molar-refractivity contribution in [1.29, 1.82) is 0 Å². The molecule has 2 atom stereocenters. The largest absolute Gasteiger partial charge is 0.465 e. The van der Waals surface area contributed by atoms with E-state index in [4.69, 9.17) is 16.3 Å². The number of carbonyl (C=O) groups excluding carboxylic acids is 1. The van der Waals surface area contributed by atoms with Crippen LogP contribution in [0.3, 0.4) is 0 Å². The van der Waals surface area contributed by atoms with E-state index in [2.05, 4.69) is 5.32 Å². The van der Waals surface area contributed by atoms with Gasteiger partial charge in [0.2, 0.25) is 0 Å². The van der Waals surface area contributed by atoms with Gasteiger partial charge in [-0.1, -0.05) is 29.8 Å². The molecule has 0 bridgehead atoms. The predicted octanol–water partition coefficient (Wildman–Crippen LogP) is 1.92. The molecule has 0 saturated carbocycles. The summed E-state index contributed by atoms with van der Waals surface area (Å²) in [6.45, 7) is 2.21. The van der Waals surface area contributed by atoms with Crippen molar-refractivity contribution in [3.8, 4) is 0 Å². The maximum Gasteiger partial charge on any atom is 0.325 e. The molecule has 1 N–H and O–H groups in total. The summed E-state index contributed by atoms with van der Waals surface area (Å²) in [6, 6.07) is 7.29. The molecule has 0 aromatic heterocycles.